The van der Waals surface area contributed by atoms with Crippen molar-refractivity contribution in [2.45, 2.75) is 40.3 Å². The van der Waals surface area contributed by atoms with Crippen molar-refractivity contribution in [3.05, 3.63) is 59.3 Å². The molecule has 0 aliphatic rings. The predicted octanol–water partition coefficient (Wildman–Crippen LogP) is 2.17. The van der Waals surface area contributed by atoms with Gasteiger partial charge in [-0.25, -0.2) is 14.5 Å². The van der Waals surface area contributed by atoms with Gasteiger partial charge in [-0.05, 0) is 31.9 Å². The molecule has 0 unspecified atom stereocenters. The van der Waals surface area contributed by atoms with Gasteiger partial charge < -0.3 is 14.3 Å². The standard InChI is InChI=1S/C23H29N7O/c1-16-18(3)29(13-9-12-28(4)5)22-21(16)23-25-20(26-30(23)15-24-22)14-31-27-17(2)19-10-7-6-8-11-19/h6-8,10-11,15H,9,12-14H2,1-5H3/p+1/b27-17+. The molecule has 4 aromatic rings. The predicted molar refractivity (Wildman–Crippen MR) is 121 cm³/mol. The molecule has 8 heteroatoms. The van der Waals surface area contributed by atoms with Crippen LogP contribution in [0.4, 0.5) is 0 Å². The van der Waals surface area contributed by atoms with Crippen LogP contribution in [-0.4, -0.2) is 50.5 Å². The van der Waals surface area contributed by atoms with Gasteiger partial charge in [-0.1, -0.05) is 35.5 Å². The minimum absolute atomic E-state index is 0.206. The first-order chi connectivity index (χ1) is 15.0. The largest absolute Gasteiger partial charge is 0.387 e. The van der Waals surface area contributed by atoms with Gasteiger partial charge in [0.05, 0.1) is 31.7 Å². The minimum Gasteiger partial charge on any atom is -0.387 e. The minimum atomic E-state index is 0.206. The lowest BCUT2D eigenvalue weighted by molar-refractivity contribution is -0.858. The van der Waals surface area contributed by atoms with Crippen molar-refractivity contribution in [2.24, 2.45) is 5.16 Å². The molecule has 1 aromatic carbocycles. The monoisotopic (exact) mass is 420 g/mol. The molecular formula is C23H30N7O+. The van der Waals surface area contributed by atoms with Crippen LogP contribution in [0.25, 0.3) is 16.7 Å². The number of nitrogens with zero attached hydrogens (tertiary/aromatic N) is 6. The first-order valence-corrected chi connectivity index (χ1v) is 10.7. The van der Waals surface area contributed by atoms with Crippen LogP contribution in [0, 0.1) is 13.8 Å². The number of fused-ring (bicyclic) bond motifs is 3. The third-order valence-electron chi connectivity index (χ3n) is 5.64. The molecular weight excluding hydrogens is 390 g/mol. The lowest BCUT2D eigenvalue weighted by Crippen LogP contribution is -3.05. The number of quaternary nitrogens is 1. The molecule has 0 radical (unpaired) electrons. The van der Waals surface area contributed by atoms with Crippen molar-refractivity contribution in [1.82, 2.24) is 24.1 Å². The van der Waals surface area contributed by atoms with E-state index in [0.29, 0.717) is 5.82 Å². The molecule has 0 bridgehead atoms. The van der Waals surface area contributed by atoms with E-state index in [1.54, 1.807) is 10.8 Å². The van der Waals surface area contributed by atoms with Crippen molar-refractivity contribution in [3.63, 3.8) is 0 Å². The fourth-order valence-corrected chi connectivity index (χ4v) is 3.82. The maximum Gasteiger partial charge on any atom is 0.192 e. The van der Waals surface area contributed by atoms with Gasteiger partial charge in [-0.15, -0.1) is 5.10 Å². The lowest BCUT2D eigenvalue weighted by Gasteiger charge is -2.10. The molecule has 0 fully saturated rings. The van der Waals surface area contributed by atoms with Gasteiger partial charge in [-0.2, -0.15) is 0 Å². The number of rotatable bonds is 8. The van der Waals surface area contributed by atoms with Crippen LogP contribution in [-0.2, 0) is 18.0 Å². The van der Waals surface area contributed by atoms with Crippen molar-refractivity contribution >= 4 is 22.4 Å². The van der Waals surface area contributed by atoms with E-state index in [2.05, 4.69) is 42.8 Å². The highest BCUT2D eigenvalue weighted by molar-refractivity contribution is 5.98. The summed E-state index contributed by atoms with van der Waals surface area (Å²) in [4.78, 5) is 16.4. The van der Waals surface area contributed by atoms with Gasteiger partial charge in [0.2, 0.25) is 0 Å². The zero-order valence-electron chi connectivity index (χ0n) is 18.9. The Morgan fingerprint density at radius 1 is 1.13 bits per heavy atom. The molecule has 0 aliphatic carbocycles. The van der Waals surface area contributed by atoms with Gasteiger partial charge in [-0.3, -0.25) is 0 Å². The molecule has 0 atom stereocenters. The van der Waals surface area contributed by atoms with Crippen LogP contribution in [0.15, 0.2) is 41.8 Å². The number of oxime groups is 1. The maximum atomic E-state index is 5.53. The number of benzene rings is 1. The van der Waals surface area contributed by atoms with Gasteiger partial charge in [0.25, 0.3) is 0 Å². The van der Waals surface area contributed by atoms with Gasteiger partial charge in [0, 0.05) is 18.7 Å². The summed E-state index contributed by atoms with van der Waals surface area (Å²) in [5.74, 6) is 0.583. The fourth-order valence-electron chi connectivity index (χ4n) is 3.82. The molecule has 4 rings (SSSR count). The van der Waals surface area contributed by atoms with E-state index in [4.69, 9.17) is 14.8 Å². The molecule has 0 saturated heterocycles. The molecule has 8 nitrogen and oxygen atoms in total. The van der Waals surface area contributed by atoms with Gasteiger partial charge in [0.15, 0.2) is 18.1 Å². The molecule has 3 aromatic heterocycles. The van der Waals surface area contributed by atoms with E-state index < -0.39 is 0 Å². The maximum absolute atomic E-state index is 5.53. The highest BCUT2D eigenvalue weighted by Gasteiger charge is 2.18. The Kier molecular flexibility index (Phi) is 5.99. The summed E-state index contributed by atoms with van der Waals surface area (Å²) in [7, 11) is 4.36. The highest BCUT2D eigenvalue weighted by Crippen LogP contribution is 2.27. The fraction of sp³-hybridized carbons (Fsp3) is 0.391. The highest BCUT2D eigenvalue weighted by atomic mass is 16.6. The summed E-state index contributed by atoms with van der Waals surface area (Å²) >= 11 is 0. The molecule has 31 heavy (non-hydrogen) atoms. The second kappa shape index (κ2) is 8.85. The SMILES string of the molecule is C/C(=N\OCc1nc2c3c(C)c(C)n(CCC[NH+](C)C)c3ncn2n1)c1ccccc1. The van der Waals surface area contributed by atoms with Crippen molar-refractivity contribution in [2.75, 3.05) is 20.6 Å². The van der Waals surface area contributed by atoms with Crippen LogP contribution >= 0.6 is 0 Å². The summed E-state index contributed by atoms with van der Waals surface area (Å²) in [6.45, 7) is 8.48. The quantitative estimate of drug-likeness (QED) is 0.350. The van der Waals surface area contributed by atoms with Crippen molar-refractivity contribution in [1.29, 1.82) is 0 Å². The van der Waals surface area contributed by atoms with E-state index in [1.807, 2.05) is 37.3 Å². The number of aryl methyl sites for hydroxylation is 2. The van der Waals surface area contributed by atoms with Crippen molar-refractivity contribution in [3.8, 4) is 0 Å². The second-order valence-electron chi connectivity index (χ2n) is 8.23. The second-order valence-corrected chi connectivity index (χ2v) is 8.23. The Balaban J connectivity index is 1.58. The smallest absolute Gasteiger partial charge is 0.192 e. The molecule has 162 valence electrons. The van der Waals surface area contributed by atoms with E-state index in [9.17, 15) is 0 Å². The zero-order valence-corrected chi connectivity index (χ0v) is 18.9. The van der Waals surface area contributed by atoms with Gasteiger partial charge in [0.1, 0.15) is 12.0 Å². The van der Waals surface area contributed by atoms with Crippen molar-refractivity contribution < 1.29 is 9.74 Å². The molecule has 0 amide bonds. The number of hydrogen-bond acceptors (Lipinski definition) is 5. The Morgan fingerprint density at radius 2 is 1.90 bits per heavy atom. The van der Waals surface area contributed by atoms with E-state index in [0.717, 1.165) is 47.5 Å². The molecule has 0 spiro atoms. The summed E-state index contributed by atoms with van der Waals surface area (Å²) in [6, 6.07) is 9.95. The van der Waals surface area contributed by atoms with E-state index in [1.165, 1.54) is 16.2 Å². The van der Waals surface area contributed by atoms with Crippen LogP contribution in [0.3, 0.4) is 0 Å². The third kappa shape index (κ3) is 4.29. The molecule has 0 saturated carbocycles. The van der Waals surface area contributed by atoms with Crippen LogP contribution in [0.2, 0.25) is 0 Å². The summed E-state index contributed by atoms with van der Waals surface area (Å²) in [6.07, 6.45) is 2.84. The first-order valence-electron chi connectivity index (χ1n) is 10.7. The average Bonchev–Trinajstić information content (AvgIpc) is 3.28. The Bertz CT molecular complexity index is 1220. The van der Waals surface area contributed by atoms with E-state index in [-0.39, 0.29) is 6.61 Å². The zero-order chi connectivity index (χ0) is 22.0. The number of aromatic nitrogens is 5. The lowest BCUT2D eigenvalue weighted by atomic mass is 10.1. The molecule has 0 aliphatic heterocycles. The Hall–Kier alpha value is -3.26. The number of nitrogens with one attached hydrogen (secondary N) is 1. The Labute approximate surface area is 182 Å². The van der Waals surface area contributed by atoms with Crippen LogP contribution < -0.4 is 4.90 Å². The number of hydrogen-bond donors (Lipinski definition) is 1. The van der Waals surface area contributed by atoms with Gasteiger partial charge >= 0.3 is 0 Å². The third-order valence-corrected chi connectivity index (χ3v) is 5.64. The average molecular weight is 421 g/mol. The summed E-state index contributed by atoms with van der Waals surface area (Å²) in [5.41, 5.74) is 6.05. The van der Waals surface area contributed by atoms with Crippen LogP contribution in [0.5, 0.6) is 0 Å². The molecule has 3 heterocycles. The normalized spacial score (nSPS) is 12.4. The summed E-state index contributed by atoms with van der Waals surface area (Å²) in [5, 5.41) is 9.80. The first kappa shape index (κ1) is 21.0. The summed E-state index contributed by atoms with van der Waals surface area (Å²) < 4.78 is 4.03. The van der Waals surface area contributed by atoms with Crippen LogP contribution in [0.1, 0.15) is 36.0 Å². The molecule has 1 N–H and O–H groups in total. The topological polar surface area (TPSA) is 74.0 Å². The Morgan fingerprint density at radius 3 is 2.65 bits per heavy atom. The van der Waals surface area contributed by atoms with E-state index >= 15 is 0 Å².